The van der Waals surface area contributed by atoms with E-state index in [2.05, 4.69) is 0 Å². The van der Waals surface area contributed by atoms with Gasteiger partial charge < -0.3 is 5.11 Å². The van der Waals surface area contributed by atoms with Crippen molar-refractivity contribution in [3.63, 3.8) is 0 Å². The summed E-state index contributed by atoms with van der Waals surface area (Å²) in [6.45, 7) is 1.38. The van der Waals surface area contributed by atoms with Crippen LogP contribution in [-0.2, 0) is 27.7 Å². The van der Waals surface area contributed by atoms with E-state index in [1.165, 1.54) is 25.1 Å². The highest BCUT2D eigenvalue weighted by Crippen LogP contribution is 2.28. The van der Waals surface area contributed by atoms with Gasteiger partial charge in [0.05, 0.1) is 5.75 Å². The highest BCUT2D eigenvalue weighted by molar-refractivity contribution is 7.89. The minimum Gasteiger partial charge on any atom is -0.480 e. The number of aliphatic carboxylic acids is 1. The van der Waals surface area contributed by atoms with E-state index in [1.54, 1.807) is 0 Å². The van der Waals surface area contributed by atoms with Crippen molar-refractivity contribution in [2.45, 2.75) is 25.8 Å². The van der Waals surface area contributed by atoms with Crippen molar-refractivity contribution in [1.29, 1.82) is 0 Å². The Hall–Kier alpha value is -1.40. The van der Waals surface area contributed by atoms with Crippen LogP contribution in [0.3, 0.4) is 0 Å². The Morgan fingerprint density at radius 2 is 1.85 bits per heavy atom. The minimum atomic E-state index is -3.55. The Kier molecular flexibility index (Phi) is 4.15. The molecule has 5 nitrogen and oxygen atoms in total. The molecule has 0 fully saturated rings. The molecule has 1 unspecified atom stereocenters. The minimum absolute atomic E-state index is 0.00417. The molecule has 0 radical (unpaired) electrons. The number of sulfonamides is 1. The monoisotopic (exact) mass is 297 g/mol. The Labute approximate surface area is 119 Å². The lowest BCUT2D eigenvalue weighted by Gasteiger charge is -2.22. The van der Waals surface area contributed by atoms with Gasteiger partial charge in [0, 0.05) is 7.05 Å². The zero-order valence-electron chi connectivity index (χ0n) is 11.6. The zero-order valence-corrected chi connectivity index (χ0v) is 12.4. The van der Waals surface area contributed by atoms with E-state index in [0.717, 1.165) is 17.1 Å². The van der Waals surface area contributed by atoms with E-state index >= 15 is 0 Å². The maximum atomic E-state index is 12.2. The molecule has 0 aliphatic heterocycles. The fourth-order valence-electron chi connectivity index (χ4n) is 2.58. The van der Waals surface area contributed by atoms with Crippen LogP contribution < -0.4 is 0 Å². The normalized spacial score (nSPS) is 17.1. The molecule has 1 atom stereocenters. The molecule has 0 saturated heterocycles. The van der Waals surface area contributed by atoms with Gasteiger partial charge in [0.1, 0.15) is 6.04 Å². The first-order chi connectivity index (χ1) is 9.31. The molecule has 0 heterocycles. The average Bonchev–Trinajstić information content (AvgIpc) is 2.77. The van der Waals surface area contributed by atoms with E-state index < -0.39 is 22.0 Å². The van der Waals surface area contributed by atoms with Crippen LogP contribution in [0.4, 0.5) is 0 Å². The third kappa shape index (κ3) is 3.02. The smallest absolute Gasteiger partial charge is 0.321 e. The van der Waals surface area contributed by atoms with Crippen molar-refractivity contribution < 1.29 is 18.3 Å². The number of carboxylic acids is 1. The molecule has 6 heteroatoms. The molecule has 1 aromatic carbocycles. The number of hydrogen-bond donors (Lipinski definition) is 1. The molecule has 0 spiro atoms. The number of carboxylic acid groups (broad SMARTS) is 1. The van der Waals surface area contributed by atoms with E-state index in [0.29, 0.717) is 0 Å². The average molecular weight is 297 g/mol. The topological polar surface area (TPSA) is 74.7 Å². The van der Waals surface area contributed by atoms with Gasteiger partial charge in [0.2, 0.25) is 10.0 Å². The highest BCUT2D eigenvalue weighted by Gasteiger charge is 2.32. The summed E-state index contributed by atoms with van der Waals surface area (Å²) in [6, 6.07) is 6.91. The summed E-state index contributed by atoms with van der Waals surface area (Å²) in [5.74, 6) is -1.11. The number of carbonyl (C=O) groups is 1. The second-order valence-corrected chi connectivity index (χ2v) is 7.43. The molecule has 1 N–H and O–H groups in total. The Bertz CT molecular complexity index is 586. The lowest BCUT2D eigenvalue weighted by atomic mass is 10.1. The number of likely N-dealkylation sites (N-methyl/N-ethyl adjacent to an activating group) is 1. The van der Waals surface area contributed by atoms with Crippen LogP contribution in [0.15, 0.2) is 24.3 Å². The van der Waals surface area contributed by atoms with E-state index in [1.807, 2.05) is 24.3 Å². The van der Waals surface area contributed by atoms with E-state index in [9.17, 15) is 13.2 Å². The van der Waals surface area contributed by atoms with Crippen molar-refractivity contribution in [3.05, 3.63) is 35.4 Å². The number of fused-ring (bicyclic) bond motifs is 1. The Balaban J connectivity index is 2.06. The lowest BCUT2D eigenvalue weighted by Crippen LogP contribution is -2.42. The lowest BCUT2D eigenvalue weighted by molar-refractivity contribution is -0.140. The second-order valence-electron chi connectivity index (χ2n) is 5.35. The van der Waals surface area contributed by atoms with Crippen molar-refractivity contribution in [1.82, 2.24) is 4.31 Å². The first-order valence-corrected chi connectivity index (χ1v) is 8.17. The van der Waals surface area contributed by atoms with Crippen molar-refractivity contribution in [2.75, 3.05) is 12.8 Å². The fraction of sp³-hybridized carbons (Fsp3) is 0.500. The van der Waals surface area contributed by atoms with Gasteiger partial charge in [-0.15, -0.1) is 0 Å². The van der Waals surface area contributed by atoms with E-state index in [-0.39, 0.29) is 11.7 Å². The van der Waals surface area contributed by atoms with Crippen LogP contribution >= 0.6 is 0 Å². The molecule has 0 bridgehead atoms. The van der Waals surface area contributed by atoms with Gasteiger partial charge in [-0.3, -0.25) is 4.79 Å². The summed E-state index contributed by atoms with van der Waals surface area (Å²) < 4.78 is 25.4. The Morgan fingerprint density at radius 3 is 2.30 bits per heavy atom. The van der Waals surface area contributed by atoms with Crippen LogP contribution in [0.1, 0.15) is 18.1 Å². The maximum Gasteiger partial charge on any atom is 0.321 e. The van der Waals surface area contributed by atoms with Crippen LogP contribution in [-0.4, -0.2) is 42.6 Å². The molecular weight excluding hydrogens is 278 g/mol. The standard InChI is InChI=1S/C14H19NO4S/c1-10(14(16)17)15(2)20(18,19)9-11-7-12-5-3-4-6-13(12)8-11/h3-6,10-11H,7-9H2,1-2H3,(H,16,17). The molecule has 0 saturated carbocycles. The van der Waals surface area contributed by atoms with Gasteiger partial charge in [0.15, 0.2) is 0 Å². The van der Waals surface area contributed by atoms with Gasteiger partial charge in [-0.2, -0.15) is 4.31 Å². The van der Waals surface area contributed by atoms with Gasteiger partial charge in [-0.1, -0.05) is 24.3 Å². The summed E-state index contributed by atoms with van der Waals surface area (Å²) in [4.78, 5) is 10.9. The first-order valence-electron chi connectivity index (χ1n) is 6.56. The number of hydrogen-bond acceptors (Lipinski definition) is 3. The zero-order chi connectivity index (χ0) is 14.9. The molecule has 20 heavy (non-hydrogen) atoms. The number of benzene rings is 1. The quantitative estimate of drug-likeness (QED) is 0.884. The molecule has 0 amide bonds. The summed E-state index contributed by atoms with van der Waals surface area (Å²) in [5, 5.41) is 8.91. The second kappa shape index (κ2) is 5.54. The van der Waals surface area contributed by atoms with Crippen LogP contribution in [0.5, 0.6) is 0 Å². The summed E-state index contributed by atoms with van der Waals surface area (Å²) in [7, 11) is -2.22. The molecule has 1 aliphatic carbocycles. The molecular formula is C14H19NO4S. The number of rotatable bonds is 5. The summed E-state index contributed by atoms with van der Waals surface area (Å²) in [5.41, 5.74) is 2.39. The van der Waals surface area contributed by atoms with Crippen LogP contribution in [0.2, 0.25) is 0 Å². The Morgan fingerprint density at radius 1 is 1.35 bits per heavy atom. The van der Waals surface area contributed by atoms with Crippen molar-refractivity contribution in [3.8, 4) is 0 Å². The largest absolute Gasteiger partial charge is 0.480 e. The highest BCUT2D eigenvalue weighted by atomic mass is 32.2. The third-order valence-electron chi connectivity index (χ3n) is 3.92. The van der Waals surface area contributed by atoms with Crippen molar-refractivity contribution in [2.24, 2.45) is 5.92 Å². The predicted octanol–water partition coefficient (Wildman–Crippen LogP) is 1.14. The van der Waals surface area contributed by atoms with Gasteiger partial charge in [-0.25, -0.2) is 8.42 Å². The van der Waals surface area contributed by atoms with Gasteiger partial charge in [0.25, 0.3) is 0 Å². The molecule has 2 rings (SSSR count). The number of nitrogens with zero attached hydrogens (tertiary/aromatic N) is 1. The van der Waals surface area contributed by atoms with Crippen molar-refractivity contribution >= 4 is 16.0 Å². The maximum absolute atomic E-state index is 12.2. The van der Waals surface area contributed by atoms with Gasteiger partial charge in [-0.05, 0) is 36.8 Å². The molecule has 110 valence electrons. The predicted molar refractivity (Wildman–Crippen MR) is 76.0 cm³/mol. The summed E-state index contributed by atoms with van der Waals surface area (Å²) in [6.07, 6.45) is 1.48. The van der Waals surface area contributed by atoms with Gasteiger partial charge >= 0.3 is 5.97 Å². The van der Waals surface area contributed by atoms with Crippen LogP contribution in [0, 0.1) is 5.92 Å². The molecule has 1 aliphatic rings. The summed E-state index contributed by atoms with van der Waals surface area (Å²) >= 11 is 0. The first kappa shape index (κ1) is 15.0. The van der Waals surface area contributed by atoms with E-state index in [4.69, 9.17) is 5.11 Å². The SMILES string of the molecule is CC(C(=O)O)N(C)S(=O)(=O)CC1Cc2ccccc2C1. The molecule has 0 aromatic heterocycles. The fourth-order valence-corrected chi connectivity index (χ4v) is 4.22. The van der Waals surface area contributed by atoms with Crippen LogP contribution in [0.25, 0.3) is 0 Å². The molecule has 1 aromatic rings. The third-order valence-corrected chi connectivity index (χ3v) is 6.01.